The molecule has 1 aliphatic heterocycles. The molecule has 1 saturated heterocycles. The van der Waals surface area contributed by atoms with Crippen LogP contribution in [-0.4, -0.2) is 53.4 Å². The van der Waals surface area contributed by atoms with Gasteiger partial charge in [0.2, 0.25) is 0 Å². The molecule has 192 valence electrons. The Morgan fingerprint density at radius 3 is 1.16 bits per heavy atom. The van der Waals surface area contributed by atoms with Gasteiger partial charge in [0.25, 0.3) is 0 Å². The van der Waals surface area contributed by atoms with Gasteiger partial charge < -0.3 is 17.6 Å². The Bertz CT molecular complexity index is 1140. The standard InChI is InChI=1S/C14H13BO2.C14H11Br.C4H8O.Mg.2H/c16-15(17)11-14(12-7-3-1-4-8-12)13-9-5-2-6-10-13;15-11-14(12-7-3-1-4-8-12)13-9-5-2-6-10-13;1-2-4-5-3-1;;;/h1-11,16-17H;1-11H;1-4H2;;;/q;;;+2;2*-1. The molecule has 1 aliphatic rings. The maximum atomic E-state index is 9.12. The molecule has 0 aliphatic carbocycles. The fourth-order valence-corrected chi connectivity index (χ4v) is 4.31. The Hall–Kier alpha value is -2.45. The molecule has 3 nitrogen and oxygen atoms in total. The van der Waals surface area contributed by atoms with Gasteiger partial charge in [-0.3, -0.25) is 0 Å². The van der Waals surface area contributed by atoms with Gasteiger partial charge in [-0.15, -0.1) is 0 Å². The number of hydrogen-bond acceptors (Lipinski definition) is 3. The largest absolute Gasteiger partial charge is 2.00 e. The van der Waals surface area contributed by atoms with Crippen molar-refractivity contribution in [1.82, 2.24) is 0 Å². The second-order valence-corrected chi connectivity index (χ2v) is 8.76. The van der Waals surface area contributed by atoms with E-state index in [1.54, 1.807) is 0 Å². The SMILES string of the molecule is BrC=C(c1ccccc1)c1ccccc1.C1CCOC1.OB(O)C=C(c1ccccc1)c1ccccc1.[H-].[H-].[Mg+2]. The van der Waals surface area contributed by atoms with Crippen molar-refractivity contribution in [1.29, 1.82) is 0 Å². The summed E-state index contributed by atoms with van der Waals surface area (Å²) in [4.78, 5) is 1.97. The maximum absolute atomic E-state index is 9.12. The second kappa shape index (κ2) is 18.7. The van der Waals surface area contributed by atoms with Gasteiger partial charge in [-0.25, -0.2) is 0 Å². The third kappa shape index (κ3) is 11.1. The first-order valence-corrected chi connectivity index (χ1v) is 13.3. The number of hydrogen-bond donors (Lipinski definition) is 2. The summed E-state index contributed by atoms with van der Waals surface area (Å²) in [5.74, 6) is 1.44. The molecule has 4 aromatic carbocycles. The molecule has 0 unspecified atom stereocenters. The molecular weight excluding hydrogens is 547 g/mol. The molecule has 0 atom stereocenters. The molecule has 1 fully saturated rings. The average Bonchev–Trinajstić information content (AvgIpc) is 3.55. The first-order chi connectivity index (χ1) is 18.2. The number of benzene rings is 4. The van der Waals surface area contributed by atoms with E-state index in [1.807, 2.05) is 77.8 Å². The molecule has 5 rings (SSSR count). The Labute approximate surface area is 254 Å². The van der Waals surface area contributed by atoms with E-state index in [1.165, 1.54) is 35.5 Å². The fourth-order valence-electron chi connectivity index (χ4n) is 3.78. The normalized spacial score (nSPS) is 11.3. The molecule has 38 heavy (non-hydrogen) atoms. The molecule has 0 aromatic heterocycles. The minimum absolute atomic E-state index is 0. The van der Waals surface area contributed by atoms with Crippen LogP contribution in [-0.2, 0) is 4.74 Å². The van der Waals surface area contributed by atoms with E-state index >= 15 is 0 Å². The van der Waals surface area contributed by atoms with Crippen LogP contribution in [0.5, 0.6) is 0 Å². The molecule has 1 heterocycles. The van der Waals surface area contributed by atoms with Gasteiger partial charge in [0.05, 0.1) is 0 Å². The van der Waals surface area contributed by atoms with E-state index in [-0.39, 0.29) is 25.9 Å². The zero-order valence-electron chi connectivity index (χ0n) is 23.5. The summed E-state index contributed by atoms with van der Waals surface area (Å²) < 4.78 is 4.94. The minimum atomic E-state index is -1.45. The molecule has 0 saturated carbocycles. The van der Waals surface area contributed by atoms with E-state index in [4.69, 9.17) is 14.8 Å². The second-order valence-electron chi connectivity index (χ2n) is 8.30. The zero-order chi connectivity index (χ0) is 26.1. The summed E-state index contributed by atoms with van der Waals surface area (Å²) in [6.45, 7) is 2.00. The summed E-state index contributed by atoms with van der Waals surface area (Å²) in [5, 5.41) is 18.2. The van der Waals surface area contributed by atoms with Gasteiger partial charge in [0.15, 0.2) is 0 Å². The fraction of sp³-hybridized carbons (Fsp3) is 0.125. The van der Waals surface area contributed by atoms with Crippen molar-refractivity contribution in [2.24, 2.45) is 0 Å². The van der Waals surface area contributed by atoms with Crippen LogP contribution in [0.3, 0.4) is 0 Å². The van der Waals surface area contributed by atoms with Gasteiger partial charge in [0, 0.05) is 13.2 Å². The van der Waals surface area contributed by atoms with Crippen molar-refractivity contribution in [2.75, 3.05) is 13.2 Å². The third-order valence-corrected chi connectivity index (χ3v) is 6.05. The van der Waals surface area contributed by atoms with Crippen molar-refractivity contribution in [3.63, 3.8) is 0 Å². The Kier molecular flexibility index (Phi) is 15.7. The van der Waals surface area contributed by atoms with E-state index in [2.05, 4.69) is 64.5 Å². The average molecular weight is 582 g/mol. The van der Waals surface area contributed by atoms with E-state index < -0.39 is 7.12 Å². The maximum Gasteiger partial charge on any atom is 2.00 e. The van der Waals surface area contributed by atoms with Crippen LogP contribution >= 0.6 is 15.9 Å². The summed E-state index contributed by atoms with van der Waals surface area (Å²) in [6.07, 6.45) is 2.56. The molecule has 0 radical (unpaired) electrons. The van der Waals surface area contributed by atoms with Gasteiger partial charge in [-0.2, -0.15) is 0 Å². The van der Waals surface area contributed by atoms with E-state index in [9.17, 15) is 0 Å². The molecule has 0 amide bonds. The molecular formula is C32H34BBrMgO3. The van der Waals surface area contributed by atoms with Crippen molar-refractivity contribution < 1.29 is 17.6 Å². The summed E-state index contributed by atoms with van der Waals surface area (Å²) >= 11 is 3.43. The summed E-state index contributed by atoms with van der Waals surface area (Å²) in [7, 11) is -1.45. The quantitative estimate of drug-likeness (QED) is 0.244. The third-order valence-electron chi connectivity index (χ3n) is 5.59. The van der Waals surface area contributed by atoms with Crippen LogP contribution in [0.1, 0.15) is 37.9 Å². The first kappa shape index (κ1) is 31.8. The molecule has 4 aromatic rings. The van der Waals surface area contributed by atoms with E-state index in [0.29, 0.717) is 0 Å². The van der Waals surface area contributed by atoms with Crippen LogP contribution in [0.4, 0.5) is 0 Å². The Morgan fingerprint density at radius 1 is 0.605 bits per heavy atom. The number of halogens is 1. The Morgan fingerprint density at radius 2 is 0.921 bits per heavy atom. The molecule has 0 spiro atoms. The minimum Gasteiger partial charge on any atom is -1.00 e. The van der Waals surface area contributed by atoms with Crippen LogP contribution < -0.4 is 0 Å². The predicted octanol–water partition coefficient (Wildman–Crippen LogP) is 7.24. The van der Waals surface area contributed by atoms with Crippen molar-refractivity contribution in [3.05, 3.63) is 155 Å². The van der Waals surface area contributed by atoms with Crippen LogP contribution in [0.2, 0.25) is 0 Å². The van der Waals surface area contributed by atoms with Gasteiger partial charge in [0.1, 0.15) is 0 Å². The first-order valence-electron chi connectivity index (χ1n) is 12.4. The van der Waals surface area contributed by atoms with Gasteiger partial charge >= 0.3 is 30.2 Å². The number of ether oxygens (including phenoxy) is 1. The van der Waals surface area contributed by atoms with Crippen molar-refractivity contribution in [2.45, 2.75) is 12.8 Å². The molecule has 6 heteroatoms. The van der Waals surface area contributed by atoms with Crippen molar-refractivity contribution >= 4 is 57.2 Å². The molecule has 0 bridgehead atoms. The van der Waals surface area contributed by atoms with Gasteiger partial charge in [-0.05, 0) is 57.2 Å². The molecule has 2 N–H and O–H groups in total. The van der Waals surface area contributed by atoms with E-state index in [0.717, 1.165) is 29.9 Å². The number of rotatable bonds is 5. The monoisotopic (exact) mass is 580 g/mol. The summed E-state index contributed by atoms with van der Waals surface area (Å²) in [6, 6.07) is 40.1. The smallest absolute Gasteiger partial charge is 1.00 e. The van der Waals surface area contributed by atoms with Crippen molar-refractivity contribution in [3.8, 4) is 0 Å². The zero-order valence-corrected chi connectivity index (χ0v) is 24.5. The van der Waals surface area contributed by atoms with Gasteiger partial charge in [-0.1, -0.05) is 137 Å². The topological polar surface area (TPSA) is 49.7 Å². The van der Waals surface area contributed by atoms with Crippen LogP contribution in [0.15, 0.2) is 132 Å². The Balaban J connectivity index is 0.000000611. The predicted molar refractivity (Wildman–Crippen MR) is 167 cm³/mol. The van der Waals surface area contributed by atoms with Crippen LogP contribution in [0.25, 0.3) is 11.1 Å². The summed E-state index contributed by atoms with van der Waals surface area (Å²) in [5.41, 5.74) is 6.40. The van der Waals surface area contributed by atoms with Crippen LogP contribution in [0, 0.1) is 0 Å².